The molecule has 0 aromatic heterocycles. The van der Waals surface area contributed by atoms with Gasteiger partial charge in [0.2, 0.25) is 0 Å². The number of hydrogen-bond acceptors (Lipinski definition) is 5. The number of rotatable bonds is 11. The van der Waals surface area contributed by atoms with Crippen LogP contribution in [0.5, 0.6) is 11.5 Å². The summed E-state index contributed by atoms with van der Waals surface area (Å²) in [6.45, 7) is 4.49. The minimum Gasteiger partial charge on any atom is -0.493 e. The maximum absolute atomic E-state index is 5.28. The molecule has 0 saturated carbocycles. The largest absolute Gasteiger partial charge is 0.493 e. The lowest BCUT2D eigenvalue weighted by atomic mass is 10.2. The van der Waals surface area contributed by atoms with Crippen molar-refractivity contribution in [2.24, 2.45) is 0 Å². The Morgan fingerprint density at radius 2 is 1.65 bits per heavy atom. The van der Waals surface area contributed by atoms with E-state index in [-0.39, 0.29) is 0 Å². The van der Waals surface area contributed by atoms with E-state index in [0.29, 0.717) is 0 Å². The molecule has 20 heavy (non-hydrogen) atoms. The van der Waals surface area contributed by atoms with Crippen molar-refractivity contribution in [1.82, 2.24) is 10.6 Å². The van der Waals surface area contributed by atoms with Crippen LogP contribution in [0.2, 0.25) is 0 Å². The molecule has 0 unspecified atom stereocenters. The van der Waals surface area contributed by atoms with Gasteiger partial charge in [0.25, 0.3) is 0 Å². The van der Waals surface area contributed by atoms with Crippen LogP contribution in [-0.2, 0) is 11.3 Å². The molecule has 0 saturated heterocycles. The number of benzene rings is 1. The quantitative estimate of drug-likeness (QED) is 0.601. The Balaban J connectivity index is 2.18. The Morgan fingerprint density at radius 1 is 0.900 bits per heavy atom. The molecule has 0 aliphatic carbocycles. The van der Waals surface area contributed by atoms with Gasteiger partial charge in [-0.15, -0.1) is 0 Å². The molecule has 0 radical (unpaired) electrons. The maximum atomic E-state index is 5.28. The van der Waals surface area contributed by atoms with Crippen molar-refractivity contribution in [1.29, 1.82) is 0 Å². The van der Waals surface area contributed by atoms with Gasteiger partial charge in [-0.25, -0.2) is 0 Å². The van der Waals surface area contributed by atoms with Crippen molar-refractivity contribution in [3.05, 3.63) is 23.8 Å². The topological polar surface area (TPSA) is 51.8 Å². The first kappa shape index (κ1) is 16.8. The highest BCUT2D eigenvalue weighted by molar-refractivity contribution is 5.42. The summed E-state index contributed by atoms with van der Waals surface area (Å²) in [5, 5.41) is 6.73. The summed E-state index contributed by atoms with van der Waals surface area (Å²) >= 11 is 0. The predicted molar refractivity (Wildman–Crippen MR) is 80.6 cm³/mol. The smallest absolute Gasteiger partial charge is 0.161 e. The maximum Gasteiger partial charge on any atom is 0.161 e. The van der Waals surface area contributed by atoms with Crippen molar-refractivity contribution < 1.29 is 14.2 Å². The SMILES string of the molecule is COCCNCCCNCc1ccc(OC)c(OC)c1. The average Bonchev–Trinajstić information content (AvgIpc) is 2.49. The molecule has 0 atom stereocenters. The number of ether oxygens (including phenoxy) is 3. The van der Waals surface area contributed by atoms with Crippen molar-refractivity contribution in [2.45, 2.75) is 13.0 Å². The fourth-order valence-electron chi connectivity index (χ4n) is 1.86. The third kappa shape index (κ3) is 6.23. The molecule has 0 fully saturated rings. The molecular weight excluding hydrogens is 256 g/mol. The van der Waals surface area contributed by atoms with Crippen LogP contribution in [0.15, 0.2) is 18.2 Å². The van der Waals surface area contributed by atoms with Gasteiger partial charge in [-0.05, 0) is 37.2 Å². The predicted octanol–water partition coefficient (Wildman–Crippen LogP) is 1.42. The van der Waals surface area contributed by atoms with Crippen LogP contribution in [0, 0.1) is 0 Å². The zero-order valence-corrected chi connectivity index (χ0v) is 12.7. The Morgan fingerprint density at radius 3 is 2.35 bits per heavy atom. The molecular formula is C15H26N2O3. The number of nitrogens with one attached hydrogen (secondary N) is 2. The first-order chi connectivity index (χ1) is 9.81. The van der Waals surface area contributed by atoms with Gasteiger partial charge >= 0.3 is 0 Å². The monoisotopic (exact) mass is 282 g/mol. The molecule has 5 heteroatoms. The second-order valence-corrected chi connectivity index (χ2v) is 4.46. The molecule has 0 aliphatic heterocycles. The van der Waals surface area contributed by atoms with Crippen molar-refractivity contribution in [3.63, 3.8) is 0 Å². The first-order valence-corrected chi connectivity index (χ1v) is 6.93. The summed E-state index contributed by atoms with van der Waals surface area (Å²) in [6, 6.07) is 5.98. The van der Waals surface area contributed by atoms with E-state index >= 15 is 0 Å². The van der Waals surface area contributed by atoms with Crippen LogP contribution in [-0.4, -0.2) is 47.6 Å². The van der Waals surface area contributed by atoms with E-state index in [1.165, 1.54) is 5.56 Å². The minimum absolute atomic E-state index is 0.763. The molecule has 2 N–H and O–H groups in total. The second-order valence-electron chi connectivity index (χ2n) is 4.46. The van der Waals surface area contributed by atoms with E-state index in [9.17, 15) is 0 Å². The Bertz CT molecular complexity index is 372. The third-order valence-electron chi connectivity index (χ3n) is 2.97. The van der Waals surface area contributed by atoms with Gasteiger partial charge < -0.3 is 24.8 Å². The van der Waals surface area contributed by atoms with Gasteiger partial charge in [0.05, 0.1) is 20.8 Å². The van der Waals surface area contributed by atoms with E-state index in [1.807, 2.05) is 18.2 Å². The molecule has 0 spiro atoms. The molecule has 0 amide bonds. The average molecular weight is 282 g/mol. The summed E-state index contributed by atoms with van der Waals surface area (Å²) < 4.78 is 15.5. The van der Waals surface area contributed by atoms with E-state index in [4.69, 9.17) is 14.2 Å². The minimum atomic E-state index is 0.763. The van der Waals surface area contributed by atoms with E-state index < -0.39 is 0 Å². The third-order valence-corrected chi connectivity index (χ3v) is 2.97. The molecule has 114 valence electrons. The lowest BCUT2D eigenvalue weighted by molar-refractivity contribution is 0.199. The van der Waals surface area contributed by atoms with Crippen molar-refractivity contribution in [2.75, 3.05) is 47.6 Å². The van der Waals surface area contributed by atoms with Crippen molar-refractivity contribution >= 4 is 0 Å². The van der Waals surface area contributed by atoms with Crippen LogP contribution >= 0.6 is 0 Å². The van der Waals surface area contributed by atoms with Gasteiger partial charge in [0.1, 0.15) is 0 Å². The molecule has 1 aromatic rings. The molecule has 5 nitrogen and oxygen atoms in total. The van der Waals surface area contributed by atoms with Gasteiger partial charge in [-0.1, -0.05) is 6.07 Å². The first-order valence-electron chi connectivity index (χ1n) is 6.93. The van der Waals surface area contributed by atoms with Gasteiger partial charge in [0, 0.05) is 20.2 Å². The fourth-order valence-corrected chi connectivity index (χ4v) is 1.86. The van der Waals surface area contributed by atoms with E-state index in [0.717, 1.165) is 50.7 Å². The van der Waals surface area contributed by atoms with Crippen LogP contribution < -0.4 is 20.1 Å². The lowest BCUT2D eigenvalue weighted by Crippen LogP contribution is -2.24. The Labute approximate surface area is 121 Å². The molecule has 1 aromatic carbocycles. The van der Waals surface area contributed by atoms with Gasteiger partial charge in [-0.2, -0.15) is 0 Å². The standard InChI is InChI=1S/C15H26N2O3/c1-18-10-9-16-7-4-8-17-12-13-5-6-14(19-2)15(11-13)20-3/h5-6,11,16-17H,4,7-10,12H2,1-3H3. The van der Waals surface area contributed by atoms with Crippen LogP contribution in [0.1, 0.15) is 12.0 Å². The summed E-state index contributed by atoms with van der Waals surface area (Å²) in [6.07, 6.45) is 1.09. The highest BCUT2D eigenvalue weighted by atomic mass is 16.5. The summed E-state index contributed by atoms with van der Waals surface area (Å²) in [4.78, 5) is 0. The molecule has 1 rings (SSSR count). The molecule has 0 heterocycles. The van der Waals surface area contributed by atoms with Gasteiger partial charge in [0.15, 0.2) is 11.5 Å². The lowest BCUT2D eigenvalue weighted by Gasteiger charge is -2.10. The Hall–Kier alpha value is -1.30. The van der Waals surface area contributed by atoms with Crippen LogP contribution in [0.3, 0.4) is 0 Å². The Kier molecular flexibility index (Phi) is 8.78. The van der Waals surface area contributed by atoms with Crippen molar-refractivity contribution in [3.8, 4) is 11.5 Å². The zero-order valence-electron chi connectivity index (χ0n) is 12.7. The van der Waals surface area contributed by atoms with E-state index in [2.05, 4.69) is 10.6 Å². The summed E-state index contributed by atoms with van der Waals surface area (Å²) in [5.41, 5.74) is 1.19. The van der Waals surface area contributed by atoms with Crippen LogP contribution in [0.25, 0.3) is 0 Å². The van der Waals surface area contributed by atoms with E-state index in [1.54, 1.807) is 21.3 Å². The van der Waals surface area contributed by atoms with Gasteiger partial charge in [-0.3, -0.25) is 0 Å². The zero-order chi connectivity index (χ0) is 14.6. The summed E-state index contributed by atoms with van der Waals surface area (Å²) in [7, 11) is 5.01. The normalized spacial score (nSPS) is 10.6. The highest BCUT2D eigenvalue weighted by Gasteiger charge is 2.03. The number of hydrogen-bond donors (Lipinski definition) is 2. The summed E-state index contributed by atoms with van der Waals surface area (Å²) in [5.74, 6) is 1.53. The fraction of sp³-hybridized carbons (Fsp3) is 0.600. The number of methoxy groups -OCH3 is 3. The van der Waals surface area contributed by atoms with Crippen LogP contribution in [0.4, 0.5) is 0 Å². The molecule has 0 bridgehead atoms. The molecule has 0 aliphatic rings. The highest BCUT2D eigenvalue weighted by Crippen LogP contribution is 2.27. The second kappa shape index (κ2) is 10.5.